The number of hydrogen-bond acceptors (Lipinski definition) is 6. The van der Waals surface area contributed by atoms with E-state index in [0.717, 1.165) is 17.5 Å². The maximum Gasteiger partial charge on any atom is 0.267 e. The van der Waals surface area contributed by atoms with Gasteiger partial charge >= 0.3 is 0 Å². The lowest BCUT2D eigenvalue weighted by Crippen LogP contribution is -2.31. The van der Waals surface area contributed by atoms with Gasteiger partial charge in [0.15, 0.2) is 0 Å². The molecule has 1 amide bonds. The molecule has 0 aliphatic carbocycles. The first kappa shape index (κ1) is 22.2. The summed E-state index contributed by atoms with van der Waals surface area (Å²) >= 11 is 6.74. The fourth-order valence-corrected chi connectivity index (χ4v) is 5.05. The van der Waals surface area contributed by atoms with E-state index in [0.29, 0.717) is 32.8 Å². The second kappa shape index (κ2) is 9.26. The molecule has 0 radical (unpaired) electrons. The fraction of sp³-hybridized carbons (Fsp3) is 0.250. The van der Waals surface area contributed by atoms with Crippen molar-refractivity contribution in [2.24, 2.45) is 0 Å². The van der Waals surface area contributed by atoms with Gasteiger partial charge in [-0.1, -0.05) is 67.3 Å². The fourth-order valence-electron chi connectivity index (χ4n) is 3.65. The lowest BCUT2D eigenvalue weighted by atomic mass is 10.1. The summed E-state index contributed by atoms with van der Waals surface area (Å²) in [5.41, 5.74) is 2.63. The quantitative estimate of drug-likeness (QED) is 0.418. The van der Waals surface area contributed by atoms with Gasteiger partial charge in [-0.3, -0.25) is 18.9 Å². The van der Waals surface area contributed by atoms with Crippen LogP contribution in [0.1, 0.15) is 43.0 Å². The molecule has 32 heavy (non-hydrogen) atoms. The van der Waals surface area contributed by atoms with Crippen LogP contribution in [0.3, 0.4) is 0 Å². The van der Waals surface area contributed by atoms with E-state index in [1.165, 1.54) is 16.2 Å². The van der Waals surface area contributed by atoms with E-state index in [2.05, 4.69) is 5.32 Å². The smallest absolute Gasteiger partial charge is 0.267 e. The van der Waals surface area contributed by atoms with E-state index >= 15 is 0 Å². The molecule has 1 atom stereocenters. The second-order valence-corrected chi connectivity index (χ2v) is 9.30. The third-order valence-corrected chi connectivity index (χ3v) is 6.73. The van der Waals surface area contributed by atoms with Crippen LogP contribution in [0.4, 0.5) is 5.82 Å². The summed E-state index contributed by atoms with van der Waals surface area (Å²) in [5, 5.41) is 3.25. The molecule has 0 spiro atoms. The zero-order valence-electron chi connectivity index (χ0n) is 18.2. The molecular formula is C24H24N4O2S2. The predicted molar refractivity (Wildman–Crippen MR) is 135 cm³/mol. The zero-order chi connectivity index (χ0) is 22.8. The van der Waals surface area contributed by atoms with Crippen molar-refractivity contribution in [2.45, 2.75) is 33.2 Å². The van der Waals surface area contributed by atoms with E-state index in [9.17, 15) is 9.59 Å². The molecule has 1 aliphatic rings. The minimum atomic E-state index is -0.223. The highest BCUT2D eigenvalue weighted by atomic mass is 32.2. The second-order valence-electron chi connectivity index (χ2n) is 7.63. The van der Waals surface area contributed by atoms with Gasteiger partial charge < -0.3 is 5.32 Å². The van der Waals surface area contributed by atoms with Crippen LogP contribution in [0.5, 0.6) is 0 Å². The number of rotatable bonds is 6. The lowest BCUT2D eigenvalue weighted by Gasteiger charge is -2.23. The molecule has 4 rings (SSSR count). The molecule has 0 saturated carbocycles. The Morgan fingerprint density at radius 2 is 1.94 bits per heavy atom. The van der Waals surface area contributed by atoms with Crippen molar-refractivity contribution in [1.82, 2.24) is 14.3 Å². The summed E-state index contributed by atoms with van der Waals surface area (Å²) in [6.45, 7) is 6.58. The number of hydrogen-bond donors (Lipinski definition) is 1. The number of amides is 1. The van der Waals surface area contributed by atoms with Gasteiger partial charge in [0.25, 0.3) is 11.5 Å². The van der Waals surface area contributed by atoms with Crippen LogP contribution in [0.15, 0.2) is 58.4 Å². The summed E-state index contributed by atoms with van der Waals surface area (Å²) in [7, 11) is 0. The van der Waals surface area contributed by atoms with Crippen LogP contribution in [-0.4, -0.2) is 31.1 Å². The Balaban J connectivity index is 1.78. The molecule has 3 aromatic rings. The summed E-state index contributed by atoms with van der Waals surface area (Å²) < 4.78 is 2.00. The molecule has 1 N–H and O–H groups in total. The number of thioether (sulfide) groups is 1. The number of nitrogens with zero attached hydrogens (tertiary/aromatic N) is 3. The highest BCUT2D eigenvalue weighted by Crippen LogP contribution is 2.38. The number of aryl methyl sites for hydroxylation is 1. The summed E-state index contributed by atoms with van der Waals surface area (Å²) in [6.07, 6.45) is 4.20. The first-order valence-electron chi connectivity index (χ1n) is 10.5. The van der Waals surface area contributed by atoms with Crippen molar-refractivity contribution >= 4 is 51.7 Å². The third kappa shape index (κ3) is 4.08. The van der Waals surface area contributed by atoms with Crippen LogP contribution >= 0.6 is 24.0 Å². The number of aromatic nitrogens is 2. The maximum atomic E-state index is 13.3. The summed E-state index contributed by atoms with van der Waals surface area (Å²) in [5.74, 6) is 0.277. The molecule has 8 heteroatoms. The standard InChI is InChI=1S/C24H24N4O2S2/c1-4-12-25-20-18(22(29)27-13-8-9-15(2)21(27)26-20)14-19-23(30)28(24(31)32-19)16(3)17-10-6-5-7-11-17/h5-11,13-14,16,25H,4,12H2,1-3H3/b19-14-/t16-/m0/s1. The average Bonchev–Trinajstić information content (AvgIpc) is 3.08. The van der Waals surface area contributed by atoms with Gasteiger partial charge in [0.1, 0.15) is 15.8 Å². The first-order chi connectivity index (χ1) is 15.4. The molecule has 6 nitrogen and oxygen atoms in total. The van der Waals surface area contributed by atoms with Gasteiger partial charge in [-0.2, -0.15) is 0 Å². The predicted octanol–water partition coefficient (Wildman–Crippen LogP) is 4.79. The van der Waals surface area contributed by atoms with Crippen LogP contribution in [0, 0.1) is 6.92 Å². The first-order valence-corrected chi connectivity index (χ1v) is 11.7. The van der Waals surface area contributed by atoms with Crippen LogP contribution in [0.2, 0.25) is 0 Å². The number of carbonyl (C=O) groups is 1. The van der Waals surface area contributed by atoms with Gasteiger partial charge in [-0.25, -0.2) is 4.98 Å². The molecule has 2 aromatic heterocycles. The van der Waals surface area contributed by atoms with Crippen molar-refractivity contribution in [2.75, 3.05) is 11.9 Å². The maximum absolute atomic E-state index is 13.3. The number of benzene rings is 1. The van der Waals surface area contributed by atoms with Crippen molar-refractivity contribution in [1.29, 1.82) is 0 Å². The van der Waals surface area contributed by atoms with Crippen molar-refractivity contribution in [3.8, 4) is 0 Å². The number of anilines is 1. The average molecular weight is 465 g/mol. The Hall–Kier alpha value is -2.97. The largest absolute Gasteiger partial charge is 0.369 e. The van der Waals surface area contributed by atoms with Gasteiger partial charge in [-0.05, 0) is 43.5 Å². The molecule has 164 valence electrons. The normalized spacial score (nSPS) is 16.2. The van der Waals surface area contributed by atoms with E-state index in [1.807, 2.05) is 63.2 Å². The molecule has 1 aromatic carbocycles. The van der Waals surface area contributed by atoms with Crippen molar-refractivity contribution < 1.29 is 4.79 Å². The Morgan fingerprint density at radius 1 is 1.19 bits per heavy atom. The molecule has 1 saturated heterocycles. The molecule has 1 aliphatic heterocycles. The van der Waals surface area contributed by atoms with E-state index in [1.54, 1.807) is 17.2 Å². The minimum Gasteiger partial charge on any atom is -0.369 e. The summed E-state index contributed by atoms with van der Waals surface area (Å²) in [6, 6.07) is 13.3. The molecule has 3 heterocycles. The number of carbonyl (C=O) groups excluding carboxylic acids is 1. The van der Waals surface area contributed by atoms with Gasteiger partial charge in [-0.15, -0.1) is 0 Å². The van der Waals surface area contributed by atoms with Crippen molar-refractivity contribution in [3.05, 3.63) is 80.6 Å². The zero-order valence-corrected chi connectivity index (χ0v) is 19.8. The highest BCUT2D eigenvalue weighted by Gasteiger charge is 2.36. The molecule has 0 bridgehead atoms. The van der Waals surface area contributed by atoms with Crippen molar-refractivity contribution in [3.63, 3.8) is 0 Å². The Kier molecular flexibility index (Phi) is 6.43. The lowest BCUT2D eigenvalue weighted by molar-refractivity contribution is -0.123. The Labute approximate surface area is 196 Å². The number of thiocarbonyl (C=S) groups is 1. The van der Waals surface area contributed by atoms with Crippen LogP contribution in [-0.2, 0) is 4.79 Å². The van der Waals surface area contributed by atoms with Gasteiger partial charge in [0.05, 0.1) is 16.5 Å². The van der Waals surface area contributed by atoms with E-state index in [4.69, 9.17) is 17.2 Å². The number of pyridine rings is 1. The molecular weight excluding hydrogens is 440 g/mol. The Bertz CT molecular complexity index is 1280. The third-order valence-electron chi connectivity index (χ3n) is 5.39. The molecule has 1 fully saturated rings. The number of nitrogens with one attached hydrogen (secondary N) is 1. The summed E-state index contributed by atoms with van der Waals surface area (Å²) in [4.78, 5) is 33.4. The Morgan fingerprint density at radius 3 is 2.66 bits per heavy atom. The van der Waals surface area contributed by atoms with Crippen LogP contribution in [0.25, 0.3) is 11.7 Å². The van der Waals surface area contributed by atoms with E-state index < -0.39 is 0 Å². The van der Waals surface area contributed by atoms with Crippen LogP contribution < -0.4 is 10.9 Å². The SMILES string of the molecule is CCCNc1nc2c(C)cccn2c(=O)c1/C=C1\SC(=S)N([C@@H](C)c2ccccc2)C1=O. The van der Waals surface area contributed by atoms with Gasteiger partial charge in [0.2, 0.25) is 0 Å². The molecule has 0 unspecified atom stereocenters. The van der Waals surface area contributed by atoms with E-state index in [-0.39, 0.29) is 17.5 Å². The number of fused-ring (bicyclic) bond motifs is 1. The topological polar surface area (TPSA) is 66.7 Å². The van der Waals surface area contributed by atoms with Gasteiger partial charge in [0, 0.05) is 12.7 Å². The highest BCUT2D eigenvalue weighted by molar-refractivity contribution is 8.26. The minimum absolute atomic E-state index is 0.202. The monoisotopic (exact) mass is 464 g/mol.